The van der Waals surface area contributed by atoms with Gasteiger partial charge < -0.3 is 0 Å². The van der Waals surface area contributed by atoms with Crippen LogP contribution in [0.1, 0.15) is 5.56 Å². The summed E-state index contributed by atoms with van der Waals surface area (Å²) >= 11 is 7.35. The first kappa shape index (κ1) is 24.5. The highest BCUT2D eigenvalue weighted by atomic mass is 35.5. The van der Waals surface area contributed by atoms with Gasteiger partial charge in [0.1, 0.15) is 0 Å². The van der Waals surface area contributed by atoms with Crippen LogP contribution in [0, 0.1) is 0 Å². The van der Waals surface area contributed by atoms with E-state index in [1.54, 1.807) is 6.21 Å². The van der Waals surface area contributed by atoms with Crippen LogP contribution in [0.4, 0.5) is 0 Å². The summed E-state index contributed by atoms with van der Waals surface area (Å²) in [5.41, 5.74) is 7.53. The maximum absolute atomic E-state index is 12.5. The second-order valence-electron chi connectivity index (χ2n) is 8.05. The summed E-state index contributed by atoms with van der Waals surface area (Å²) in [4.78, 5) is 12.5. The van der Waals surface area contributed by atoms with Crippen LogP contribution in [0.5, 0.6) is 0 Å². The zero-order valence-electron chi connectivity index (χ0n) is 19.7. The Balaban J connectivity index is 1.24. The van der Waals surface area contributed by atoms with Crippen molar-refractivity contribution in [1.82, 2.24) is 20.2 Å². The molecule has 1 heterocycles. The Morgan fingerprint density at radius 1 is 0.811 bits per heavy atom. The van der Waals surface area contributed by atoms with Crippen LogP contribution in [0.15, 0.2) is 119 Å². The summed E-state index contributed by atoms with van der Waals surface area (Å²) < 4.78 is 1.93. The average molecular weight is 524 g/mol. The van der Waals surface area contributed by atoms with E-state index in [0.29, 0.717) is 16.0 Å². The van der Waals surface area contributed by atoms with Crippen LogP contribution in [-0.4, -0.2) is 32.6 Å². The number of hydrogen-bond acceptors (Lipinski definition) is 5. The molecule has 1 amide bonds. The fourth-order valence-electron chi connectivity index (χ4n) is 3.69. The Bertz CT molecular complexity index is 1500. The van der Waals surface area contributed by atoms with Crippen molar-refractivity contribution in [2.45, 2.75) is 5.16 Å². The predicted molar refractivity (Wildman–Crippen MR) is 150 cm³/mol. The lowest BCUT2D eigenvalue weighted by atomic mass is 10.0. The number of para-hydroxylation sites is 1. The Labute approximate surface area is 224 Å². The van der Waals surface area contributed by atoms with Crippen molar-refractivity contribution in [2.75, 3.05) is 5.75 Å². The van der Waals surface area contributed by atoms with Gasteiger partial charge in [0.05, 0.1) is 12.0 Å². The van der Waals surface area contributed by atoms with Crippen LogP contribution < -0.4 is 5.43 Å². The van der Waals surface area contributed by atoms with Crippen LogP contribution in [0.3, 0.4) is 0 Å². The number of aromatic nitrogens is 3. The van der Waals surface area contributed by atoms with E-state index >= 15 is 0 Å². The second-order valence-corrected chi connectivity index (χ2v) is 9.43. The van der Waals surface area contributed by atoms with Crippen molar-refractivity contribution in [3.05, 3.63) is 120 Å². The summed E-state index contributed by atoms with van der Waals surface area (Å²) in [5.74, 6) is 0.566. The van der Waals surface area contributed by atoms with Crippen molar-refractivity contribution in [3.63, 3.8) is 0 Å². The zero-order chi connectivity index (χ0) is 25.5. The molecule has 0 aliphatic rings. The average Bonchev–Trinajstić information content (AvgIpc) is 3.38. The summed E-state index contributed by atoms with van der Waals surface area (Å²) in [7, 11) is 0. The molecule has 0 unspecified atom stereocenters. The van der Waals surface area contributed by atoms with E-state index in [4.69, 9.17) is 11.6 Å². The van der Waals surface area contributed by atoms with Crippen molar-refractivity contribution in [2.24, 2.45) is 5.10 Å². The quantitative estimate of drug-likeness (QED) is 0.143. The molecule has 0 saturated heterocycles. The van der Waals surface area contributed by atoms with Crippen LogP contribution >= 0.6 is 23.4 Å². The van der Waals surface area contributed by atoms with Gasteiger partial charge in [0, 0.05) is 16.3 Å². The third-order valence-corrected chi connectivity index (χ3v) is 6.68. The smallest absolute Gasteiger partial charge is 0.250 e. The van der Waals surface area contributed by atoms with Gasteiger partial charge in [0.2, 0.25) is 0 Å². The second kappa shape index (κ2) is 11.7. The molecule has 5 rings (SSSR count). The lowest BCUT2D eigenvalue weighted by Gasteiger charge is -2.10. The molecule has 5 aromatic rings. The summed E-state index contributed by atoms with van der Waals surface area (Å²) in [6.45, 7) is 0. The molecule has 4 aromatic carbocycles. The van der Waals surface area contributed by atoms with Gasteiger partial charge in [-0.1, -0.05) is 96.2 Å². The normalized spacial score (nSPS) is 11.1. The number of carbonyl (C=O) groups excluding carboxylic acids is 1. The molecular formula is C29H22ClN5OS. The van der Waals surface area contributed by atoms with Crippen LogP contribution in [0.25, 0.3) is 28.2 Å². The minimum absolute atomic E-state index is 0.135. The first-order valence-corrected chi connectivity index (χ1v) is 12.9. The fourth-order valence-corrected chi connectivity index (χ4v) is 4.56. The van der Waals surface area contributed by atoms with Gasteiger partial charge in [-0.3, -0.25) is 9.36 Å². The van der Waals surface area contributed by atoms with Gasteiger partial charge in [-0.15, -0.1) is 10.2 Å². The standard InChI is InChI=1S/C29H22ClN5OS/c30-25-17-15-24(16-18-25)28-33-34-29(35(28)26-9-5-2-6-10-26)37-20-27(36)32-31-19-21-11-13-23(14-12-21)22-7-3-1-4-8-22/h1-19H,20H2,(H,32,36). The zero-order valence-corrected chi connectivity index (χ0v) is 21.2. The number of benzene rings is 4. The van der Waals surface area contributed by atoms with E-state index in [9.17, 15) is 4.79 Å². The Hall–Kier alpha value is -4.20. The van der Waals surface area contributed by atoms with E-state index in [0.717, 1.165) is 27.9 Å². The minimum Gasteiger partial charge on any atom is -0.272 e. The van der Waals surface area contributed by atoms with Crippen LogP contribution in [0.2, 0.25) is 5.02 Å². The fraction of sp³-hybridized carbons (Fsp3) is 0.0345. The number of nitrogens with one attached hydrogen (secondary N) is 1. The Morgan fingerprint density at radius 3 is 2.14 bits per heavy atom. The first-order valence-electron chi connectivity index (χ1n) is 11.5. The lowest BCUT2D eigenvalue weighted by molar-refractivity contribution is -0.118. The third kappa shape index (κ3) is 6.14. The van der Waals surface area contributed by atoms with Crippen LogP contribution in [-0.2, 0) is 4.79 Å². The largest absolute Gasteiger partial charge is 0.272 e. The molecule has 0 radical (unpaired) electrons. The van der Waals surface area contributed by atoms with E-state index < -0.39 is 0 Å². The van der Waals surface area contributed by atoms with E-state index in [1.807, 2.05) is 102 Å². The molecule has 0 saturated carbocycles. The van der Waals surface area contributed by atoms with Gasteiger partial charge >= 0.3 is 0 Å². The highest BCUT2D eigenvalue weighted by molar-refractivity contribution is 7.99. The number of rotatable bonds is 8. The van der Waals surface area contributed by atoms with Gasteiger partial charge in [-0.2, -0.15) is 5.10 Å². The molecular weight excluding hydrogens is 502 g/mol. The molecule has 1 N–H and O–H groups in total. The third-order valence-electron chi connectivity index (χ3n) is 5.50. The topological polar surface area (TPSA) is 72.2 Å². The molecule has 0 fully saturated rings. The highest BCUT2D eigenvalue weighted by Gasteiger charge is 2.17. The molecule has 37 heavy (non-hydrogen) atoms. The van der Waals surface area contributed by atoms with Gasteiger partial charge in [-0.25, -0.2) is 5.43 Å². The summed E-state index contributed by atoms with van der Waals surface area (Å²) in [6.07, 6.45) is 1.63. The number of halogens is 1. The Morgan fingerprint density at radius 2 is 1.43 bits per heavy atom. The monoisotopic (exact) mass is 523 g/mol. The first-order chi connectivity index (χ1) is 18.2. The predicted octanol–water partition coefficient (Wildman–Crippen LogP) is 6.50. The lowest BCUT2D eigenvalue weighted by Crippen LogP contribution is -2.20. The molecule has 0 spiro atoms. The maximum Gasteiger partial charge on any atom is 0.250 e. The maximum atomic E-state index is 12.5. The number of nitrogens with zero attached hydrogens (tertiary/aromatic N) is 4. The van der Waals surface area contributed by atoms with Crippen molar-refractivity contribution >= 4 is 35.5 Å². The summed E-state index contributed by atoms with van der Waals surface area (Å²) in [6, 6.07) is 35.4. The molecule has 1 aromatic heterocycles. The molecule has 0 aliphatic heterocycles. The molecule has 0 bridgehead atoms. The van der Waals surface area contributed by atoms with Crippen molar-refractivity contribution < 1.29 is 4.79 Å². The number of amides is 1. The van der Waals surface area contributed by atoms with E-state index in [1.165, 1.54) is 11.8 Å². The van der Waals surface area contributed by atoms with Crippen molar-refractivity contribution in [3.8, 4) is 28.2 Å². The van der Waals surface area contributed by atoms with Gasteiger partial charge in [-0.05, 0) is 53.1 Å². The molecule has 6 nitrogen and oxygen atoms in total. The number of hydrazone groups is 1. The van der Waals surface area contributed by atoms with E-state index in [2.05, 4.69) is 32.9 Å². The van der Waals surface area contributed by atoms with E-state index in [-0.39, 0.29) is 11.7 Å². The van der Waals surface area contributed by atoms with Gasteiger partial charge in [0.15, 0.2) is 11.0 Å². The SMILES string of the molecule is O=C(CSc1nnc(-c2ccc(Cl)cc2)n1-c1ccccc1)NN=Cc1ccc(-c2ccccc2)cc1. The number of carbonyl (C=O) groups is 1. The molecule has 8 heteroatoms. The van der Waals surface area contributed by atoms with Crippen molar-refractivity contribution in [1.29, 1.82) is 0 Å². The van der Waals surface area contributed by atoms with Gasteiger partial charge in [0.25, 0.3) is 5.91 Å². The highest BCUT2D eigenvalue weighted by Crippen LogP contribution is 2.28. The number of hydrogen-bond donors (Lipinski definition) is 1. The minimum atomic E-state index is -0.238. The molecule has 182 valence electrons. The Kier molecular flexibility index (Phi) is 7.74. The molecule has 0 aliphatic carbocycles. The number of thioether (sulfide) groups is 1. The molecule has 0 atom stereocenters. The summed E-state index contributed by atoms with van der Waals surface area (Å²) in [5, 5.41) is 14.1.